The highest BCUT2D eigenvalue weighted by molar-refractivity contribution is 9.10. The molecule has 0 aliphatic heterocycles. The molecule has 0 N–H and O–H groups in total. The average molecular weight is 354 g/mol. The van der Waals surface area contributed by atoms with Crippen molar-refractivity contribution in [2.75, 3.05) is 11.4 Å². The highest BCUT2D eigenvalue weighted by atomic mass is 79.9. The molecular weight excluding hydrogens is 340 g/mol. The summed E-state index contributed by atoms with van der Waals surface area (Å²) in [6.07, 6.45) is 1.57. The summed E-state index contributed by atoms with van der Waals surface area (Å²) in [6.45, 7) is 4.47. The molecule has 0 aliphatic rings. The van der Waals surface area contributed by atoms with Crippen LogP contribution in [0.25, 0.3) is 0 Å². The van der Waals surface area contributed by atoms with E-state index in [-0.39, 0.29) is 11.1 Å². The van der Waals surface area contributed by atoms with Gasteiger partial charge in [-0.05, 0) is 47.5 Å². The Kier molecular flexibility index (Phi) is 4.78. The van der Waals surface area contributed by atoms with Crippen LogP contribution in [0.2, 0.25) is 5.15 Å². The number of amides is 1. The van der Waals surface area contributed by atoms with Gasteiger partial charge in [-0.15, -0.1) is 0 Å². The van der Waals surface area contributed by atoms with Crippen LogP contribution >= 0.6 is 27.5 Å². The van der Waals surface area contributed by atoms with E-state index in [4.69, 9.17) is 11.6 Å². The smallest absolute Gasteiger partial charge is 0.261 e. The van der Waals surface area contributed by atoms with E-state index in [9.17, 15) is 4.79 Å². The fraction of sp³-hybridized carbons (Fsp3) is 0.200. The molecule has 0 saturated heterocycles. The van der Waals surface area contributed by atoms with Gasteiger partial charge in [0.1, 0.15) is 5.15 Å². The molecule has 1 heterocycles. The molecule has 5 heteroatoms. The molecule has 1 amide bonds. The number of nitrogens with zero attached hydrogens (tertiary/aromatic N) is 2. The first-order valence-electron chi connectivity index (χ1n) is 6.23. The molecule has 0 radical (unpaired) electrons. The fourth-order valence-corrected chi connectivity index (χ4v) is 2.52. The zero-order chi connectivity index (χ0) is 14.7. The normalized spacial score (nSPS) is 10.4. The van der Waals surface area contributed by atoms with Crippen LogP contribution in [-0.4, -0.2) is 17.4 Å². The quantitative estimate of drug-likeness (QED) is 0.763. The topological polar surface area (TPSA) is 33.2 Å². The lowest BCUT2D eigenvalue weighted by atomic mass is 10.1. The summed E-state index contributed by atoms with van der Waals surface area (Å²) in [5.41, 5.74) is 2.32. The fourth-order valence-electron chi connectivity index (χ4n) is 2.01. The second-order valence-electron chi connectivity index (χ2n) is 4.33. The molecule has 1 aromatic carbocycles. The summed E-state index contributed by atoms with van der Waals surface area (Å²) in [5.74, 6) is -0.152. The molecule has 0 aliphatic carbocycles. The van der Waals surface area contributed by atoms with Gasteiger partial charge in [-0.2, -0.15) is 0 Å². The number of benzene rings is 1. The van der Waals surface area contributed by atoms with Crippen LogP contribution in [0.5, 0.6) is 0 Å². The van der Waals surface area contributed by atoms with Crippen molar-refractivity contribution in [1.82, 2.24) is 4.98 Å². The second-order valence-corrected chi connectivity index (χ2v) is 5.60. The maximum Gasteiger partial charge on any atom is 0.261 e. The van der Waals surface area contributed by atoms with Gasteiger partial charge in [0.15, 0.2) is 0 Å². The summed E-state index contributed by atoms with van der Waals surface area (Å²) < 4.78 is 0.728. The lowest BCUT2D eigenvalue weighted by molar-refractivity contribution is 0.0988. The van der Waals surface area contributed by atoms with Gasteiger partial charge >= 0.3 is 0 Å². The summed E-state index contributed by atoms with van der Waals surface area (Å²) in [4.78, 5) is 18.4. The molecule has 0 unspecified atom stereocenters. The van der Waals surface area contributed by atoms with Crippen LogP contribution in [0.3, 0.4) is 0 Å². The SMILES string of the molecule is CCN(C(=O)c1cc(Br)cnc1Cl)c1ccccc1C. The first kappa shape index (κ1) is 15.0. The van der Waals surface area contributed by atoms with Crippen LogP contribution < -0.4 is 4.90 Å². The Labute approximate surface area is 131 Å². The van der Waals surface area contributed by atoms with Gasteiger partial charge in [-0.1, -0.05) is 29.8 Å². The molecule has 1 aromatic heterocycles. The van der Waals surface area contributed by atoms with Crippen molar-refractivity contribution in [3.63, 3.8) is 0 Å². The van der Waals surface area contributed by atoms with E-state index in [0.29, 0.717) is 12.1 Å². The van der Waals surface area contributed by atoms with E-state index in [2.05, 4.69) is 20.9 Å². The van der Waals surface area contributed by atoms with Crippen LogP contribution in [0.4, 0.5) is 5.69 Å². The number of carbonyl (C=O) groups is 1. The Morgan fingerprint density at radius 1 is 1.40 bits per heavy atom. The number of pyridine rings is 1. The molecular formula is C15H14BrClN2O. The van der Waals surface area contributed by atoms with Crippen molar-refractivity contribution in [1.29, 1.82) is 0 Å². The third kappa shape index (κ3) is 3.02. The van der Waals surface area contributed by atoms with E-state index < -0.39 is 0 Å². The van der Waals surface area contributed by atoms with Gasteiger partial charge < -0.3 is 4.90 Å². The number of aromatic nitrogens is 1. The number of halogens is 2. The third-order valence-corrected chi connectivity index (χ3v) is 3.74. The van der Waals surface area contributed by atoms with E-state index in [1.807, 2.05) is 38.1 Å². The molecule has 0 spiro atoms. The molecule has 0 bridgehead atoms. The van der Waals surface area contributed by atoms with Gasteiger partial charge in [0.05, 0.1) is 5.56 Å². The maximum atomic E-state index is 12.7. The number of hydrogen-bond acceptors (Lipinski definition) is 2. The molecule has 0 saturated carbocycles. The van der Waals surface area contributed by atoms with E-state index in [0.717, 1.165) is 15.7 Å². The molecule has 20 heavy (non-hydrogen) atoms. The summed E-state index contributed by atoms with van der Waals surface area (Å²) in [6, 6.07) is 9.46. The highest BCUT2D eigenvalue weighted by Gasteiger charge is 2.20. The monoisotopic (exact) mass is 352 g/mol. The van der Waals surface area contributed by atoms with Crippen molar-refractivity contribution < 1.29 is 4.79 Å². The number of para-hydroxylation sites is 1. The Morgan fingerprint density at radius 3 is 2.75 bits per heavy atom. The predicted molar refractivity (Wildman–Crippen MR) is 85.5 cm³/mol. The van der Waals surface area contributed by atoms with Gasteiger partial charge in [-0.25, -0.2) is 4.98 Å². The first-order chi connectivity index (χ1) is 9.54. The van der Waals surface area contributed by atoms with Gasteiger partial charge in [-0.3, -0.25) is 4.79 Å². The van der Waals surface area contributed by atoms with Crippen molar-refractivity contribution in [3.8, 4) is 0 Å². The Morgan fingerprint density at radius 2 is 2.10 bits per heavy atom. The zero-order valence-electron chi connectivity index (χ0n) is 11.2. The van der Waals surface area contributed by atoms with Gasteiger partial charge in [0.2, 0.25) is 0 Å². The summed E-state index contributed by atoms with van der Waals surface area (Å²) in [7, 11) is 0. The molecule has 0 atom stereocenters. The molecule has 104 valence electrons. The Balaban J connectivity index is 2.45. The Bertz CT molecular complexity index is 646. The lowest BCUT2D eigenvalue weighted by Gasteiger charge is -2.23. The average Bonchev–Trinajstić information content (AvgIpc) is 2.44. The van der Waals surface area contributed by atoms with Crippen molar-refractivity contribution in [2.24, 2.45) is 0 Å². The first-order valence-corrected chi connectivity index (χ1v) is 7.40. The van der Waals surface area contributed by atoms with E-state index in [1.165, 1.54) is 0 Å². The lowest BCUT2D eigenvalue weighted by Crippen LogP contribution is -2.31. The van der Waals surface area contributed by atoms with Crippen LogP contribution in [0, 0.1) is 6.92 Å². The standard InChI is InChI=1S/C15H14BrClN2O/c1-3-19(13-7-5-4-6-10(13)2)15(20)12-8-11(16)9-18-14(12)17/h4-9H,3H2,1-2H3. The van der Waals surface area contributed by atoms with Crippen LogP contribution in [-0.2, 0) is 0 Å². The summed E-state index contributed by atoms with van der Waals surface area (Å²) >= 11 is 9.35. The molecule has 2 rings (SSSR count). The number of rotatable bonds is 3. The van der Waals surface area contributed by atoms with E-state index in [1.54, 1.807) is 17.2 Å². The minimum atomic E-state index is -0.152. The predicted octanol–water partition coefficient (Wildman–Crippen LogP) is 4.47. The van der Waals surface area contributed by atoms with Crippen LogP contribution in [0.15, 0.2) is 41.0 Å². The number of aryl methyl sites for hydroxylation is 1. The third-order valence-electron chi connectivity index (χ3n) is 3.00. The highest BCUT2D eigenvalue weighted by Crippen LogP contribution is 2.25. The van der Waals surface area contributed by atoms with Crippen LogP contribution in [0.1, 0.15) is 22.8 Å². The van der Waals surface area contributed by atoms with Crippen molar-refractivity contribution >= 4 is 39.1 Å². The van der Waals surface area contributed by atoms with E-state index >= 15 is 0 Å². The number of anilines is 1. The van der Waals surface area contributed by atoms with Crippen molar-refractivity contribution in [3.05, 3.63) is 57.3 Å². The Hall–Kier alpha value is -1.39. The largest absolute Gasteiger partial charge is 0.308 e. The van der Waals surface area contributed by atoms with Gasteiger partial charge in [0, 0.05) is 22.9 Å². The number of carbonyl (C=O) groups excluding carboxylic acids is 1. The van der Waals surface area contributed by atoms with Gasteiger partial charge in [0.25, 0.3) is 5.91 Å². The maximum absolute atomic E-state index is 12.7. The molecule has 2 aromatic rings. The van der Waals surface area contributed by atoms with Crippen molar-refractivity contribution in [2.45, 2.75) is 13.8 Å². The second kappa shape index (κ2) is 6.37. The molecule has 3 nitrogen and oxygen atoms in total. The minimum Gasteiger partial charge on any atom is -0.308 e. The summed E-state index contributed by atoms with van der Waals surface area (Å²) in [5, 5.41) is 0.213. The minimum absolute atomic E-state index is 0.152. The number of hydrogen-bond donors (Lipinski definition) is 0. The zero-order valence-corrected chi connectivity index (χ0v) is 13.6. The molecule has 0 fully saturated rings.